The van der Waals surface area contributed by atoms with Gasteiger partial charge in [-0.05, 0) is 25.0 Å². The van der Waals surface area contributed by atoms with E-state index in [1.165, 1.54) is 6.07 Å². The first-order chi connectivity index (χ1) is 8.03. The zero-order chi connectivity index (χ0) is 12.1. The molecule has 0 atom stereocenters. The summed E-state index contributed by atoms with van der Waals surface area (Å²) in [6.45, 7) is 1.66. The van der Waals surface area contributed by atoms with Gasteiger partial charge in [-0.25, -0.2) is 0 Å². The van der Waals surface area contributed by atoms with Gasteiger partial charge in [0, 0.05) is 19.0 Å². The summed E-state index contributed by atoms with van der Waals surface area (Å²) in [4.78, 5) is 0. The number of nitrogens with zero attached hydrogens (tertiary/aromatic N) is 2. The van der Waals surface area contributed by atoms with Crippen molar-refractivity contribution in [2.24, 2.45) is 0 Å². The summed E-state index contributed by atoms with van der Waals surface area (Å²) < 4.78 is 38.5. The maximum absolute atomic E-state index is 12.8. The lowest BCUT2D eigenvalue weighted by Crippen LogP contribution is -2.40. The molecule has 3 rings (SSSR count). The van der Waals surface area contributed by atoms with Gasteiger partial charge in [0.05, 0.1) is 11.4 Å². The predicted molar refractivity (Wildman–Crippen MR) is 54.6 cm³/mol. The molecule has 1 aliphatic carbocycles. The Bertz CT molecular complexity index is 419. The highest BCUT2D eigenvalue weighted by molar-refractivity contribution is 5.28. The van der Waals surface area contributed by atoms with Crippen molar-refractivity contribution in [3.63, 3.8) is 0 Å². The molecule has 2 fully saturated rings. The van der Waals surface area contributed by atoms with Crippen LogP contribution < -0.4 is 5.32 Å². The maximum atomic E-state index is 12.8. The first kappa shape index (κ1) is 11.0. The van der Waals surface area contributed by atoms with E-state index in [9.17, 15) is 13.2 Å². The Morgan fingerprint density at radius 3 is 2.24 bits per heavy atom. The fourth-order valence-corrected chi connectivity index (χ4v) is 2.12. The quantitative estimate of drug-likeness (QED) is 0.860. The van der Waals surface area contributed by atoms with E-state index in [1.54, 1.807) is 6.07 Å². The van der Waals surface area contributed by atoms with E-state index in [0.29, 0.717) is 5.92 Å². The van der Waals surface area contributed by atoms with E-state index in [0.717, 1.165) is 18.8 Å². The van der Waals surface area contributed by atoms with Gasteiger partial charge >= 0.3 is 6.18 Å². The van der Waals surface area contributed by atoms with Crippen molar-refractivity contribution in [2.75, 3.05) is 13.1 Å². The number of nitrogens with one attached hydrogen (secondary N) is 1. The smallest absolute Gasteiger partial charge is 0.315 e. The lowest BCUT2D eigenvalue weighted by atomic mass is 9.97. The summed E-state index contributed by atoms with van der Waals surface area (Å²) >= 11 is 0. The van der Waals surface area contributed by atoms with Crippen LogP contribution in [0.3, 0.4) is 0 Å². The second kappa shape index (κ2) is 3.41. The van der Waals surface area contributed by atoms with Gasteiger partial charge in [0.1, 0.15) is 5.41 Å². The Balaban J connectivity index is 1.85. The molecule has 0 spiro atoms. The predicted octanol–water partition coefficient (Wildman–Crippen LogP) is 1.76. The van der Waals surface area contributed by atoms with Gasteiger partial charge in [0.2, 0.25) is 0 Å². The van der Waals surface area contributed by atoms with Crippen LogP contribution in [0.4, 0.5) is 13.2 Å². The van der Waals surface area contributed by atoms with Crippen LogP contribution in [0.15, 0.2) is 12.1 Å². The second-order valence-electron chi connectivity index (χ2n) is 4.78. The molecule has 1 aromatic rings. The third kappa shape index (κ3) is 1.62. The summed E-state index contributed by atoms with van der Waals surface area (Å²) in [6.07, 6.45) is -3.94. The molecule has 0 unspecified atom stereocenters. The summed E-state index contributed by atoms with van der Waals surface area (Å²) in [7, 11) is 0. The Labute approximate surface area is 96.4 Å². The lowest BCUT2D eigenvalue weighted by Gasteiger charge is -2.26. The van der Waals surface area contributed by atoms with Crippen molar-refractivity contribution < 1.29 is 13.2 Å². The van der Waals surface area contributed by atoms with E-state index in [2.05, 4.69) is 15.5 Å². The minimum absolute atomic E-state index is 0.0704. The molecule has 17 heavy (non-hydrogen) atoms. The summed E-state index contributed by atoms with van der Waals surface area (Å²) in [6, 6.07) is 3.17. The second-order valence-corrected chi connectivity index (χ2v) is 4.78. The standard InChI is InChI=1S/C11H12F3N3/c12-11(13,14)10(3-4-10)9-2-1-8(16-17-9)7-5-15-6-7/h1-2,7,15H,3-6H2. The molecule has 0 bridgehead atoms. The van der Waals surface area contributed by atoms with Crippen LogP contribution in [0.2, 0.25) is 0 Å². The van der Waals surface area contributed by atoms with Crippen LogP contribution in [-0.4, -0.2) is 29.5 Å². The number of rotatable bonds is 2. The van der Waals surface area contributed by atoms with Crippen LogP contribution >= 0.6 is 0 Å². The molecule has 1 saturated heterocycles. The molecule has 6 heteroatoms. The average Bonchev–Trinajstić information content (AvgIpc) is 2.95. The van der Waals surface area contributed by atoms with Crippen LogP contribution in [0.5, 0.6) is 0 Å². The molecule has 1 aliphatic heterocycles. The van der Waals surface area contributed by atoms with E-state index in [1.807, 2.05) is 0 Å². The first-order valence-corrected chi connectivity index (χ1v) is 5.64. The fourth-order valence-electron chi connectivity index (χ4n) is 2.12. The molecule has 0 radical (unpaired) electrons. The molecule has 0 aromatic carbocycles. The van der Waals surface area contributed by atoms with Crippen molar-refractivity contribution in [3.05, 3.63) is 23.5 Å². The van der Waals surface area contributed by atoms with Gasteiger partial charge in [-0.3, -0.25) is 0 Å². The van der Waals surface area contributed by atoms with Crippen LogP contribution in [0.25, 0.3) is 0 Å². The van der Waals surface area contributed by atoms with Gasteiger partial charge < -0.3 is 5.32 Å². The minimum atomic E-state index is -4.21. The zero-order valence-electron chi connectivity index (χ0n) is 9.09. The number of hydrogen-bond donors (Lipinski definition) is 1. The topological polar surface area (TPSA) is 37.8 Å². The molecule has 3 nitrogen and oxygen atoms in total. The molecule has 1 N–H and O–H groups in total. The van der Waals surface area contributed by atoms with E-state index < -0.39 is 11.6 Å². The largest absolute Gasteiger partial charge is 0.400 e. The van der Waals surface area contributed by atoms with E-state index in [4.69, 9.17) is 0 Å². The van der Waals surface area contributed by atoms with Crippen molar-refractivity contribution in [1.82, 2.24) is 15.5 Å². The number of hydrogen-bond acceptors (Lipinski definition) is 3. The normalized spacial score (nSPS) is 23.2. The third-order valence-electron chi connectivity index (χ3n) is 3.67. The highest BCUT2D eigenvalue weighted by atomic mass is 19.4. The summed E-state index contributed by atoms with van der Waals surface area (Å²) in [5, 5.41) is 10.8. The van der Waals surface area contributed by atoms with Crippen molar-refractivity contribution in [3.8, 4) is 0 Å². The molecule has 1 saturated carbocycles. The molecule has 92 valence electrons. The zero-order valence-corrected chi connectivity index (χ0v) is 9.09. The van der Waals surface area contributed by atoms with Crippen LogP contribution in [0, 0.1) is 0 Å². The molecular formula is C11H12F3N3. The monoisotopic (exact) mass is 243 g/mol. The van der Waals surface area contributed by atoms with Crippen molar-refractivity contribution in [2.45, 2.75) is 30.4 Å². The van der Waals surface area contributed by atoms with Gasteiger partial charge in [0.25, 0.3) is 0 Å². The lowest BCUT2D eigenvalue weighted by molar-refractivity contribution is -0.161. The molecule has 0 amide bonds. The SMILES string of the molecule is FC(F)(F)C1(c2ccc(C3CNC3)nn2)CC1. The molecule has 2 aliphatic rings. The van der Waals surface area contributed by atoms with Crippen molar-refractivity contribution >= 4 is 0 Å². The maximum Gasteiger partial charge on any atom is 0.400 e. The number of aromatic nitrogens is 2. The number of alkyl halides is 3. The Morgan fingerprint density at radius 2 is 1.88 bits per heavy atom. The fraction of sp³-hybridized carbons (Fsp3) is 0.636. The van der Waals surface area contributed by atoms with Gasteiger partial charge in [-0.15, -0.1) is 0 Å². The molecular weight excluding hydrogens is 231 g/mol. The van der Waals surface area contributed by atoms with Crippen molar-refractivity contribution in [1.29, 1.82) is 0 Å². The Morgan fingerprint density at radius 1 is 1.18 bits per heavy atom. The van der Waals surface area contributed by atoms with Crippen LogP contribution in [0.1, 0.15) is 30.1 Å². The summed E-state index contributed by atoms with van der Waals surface area (Å²) in [5.41, 5.74) is -0.859. The summed E-state index contributed by atoms with van der Waals surface area (Å²) in [5.74, 6) is 0.303. The third-order valence-corrected chi connectivity index (χ3v) is 3.67. The van der Waals surface area contributed by atoms with Gasteiger partial charge in [0.15, 0.2) is 0 Å². The highest BCUT2D eigenvalue weighted by Gasteiger charge is 2.65. The number of halogens is 3. The van der Waals surface area contributed by atoms with Gasteiger partial charge in [-0.2, -0.15) is 23.4 Å². The van der Waals surface area contributed by atoms with Gasteiger partial charge in [-0.1, -0.05) is 0 Å². The minimum Gasteiger partial charge on any atom is -0.315 e. The Hall–Kier alpha value is -1.17. The Kier molecular flexibility index (Phi) is 2.20. The first-order valence-electron chi connectivity index (χ1n) is 5.64. The molecule has 1 aromatic heterocycles. The average molecular weight is 243 g/mol. The molecule has 2 heterocycles. The van der Waals surface area contributed by atoms with E-state index in [-0.39, 0.29) is 18.5 Å². The van der Waals surface area contributed by atoms with E-state index >= 15 is 0 Å². The van der Waals surface area contributed by atoms with Crippen LogP contribution in [-0.2, 0) is 5.41 Å². The highest BCUT2D eigenvalue weighted by Crippen LogP contribution is 2.58.